The highest BCUT2D eigenvalue weighted by atomic mass is 19.4. The van der Waals surface area contributed by atoms with Crippen LogP contribution in [-0.2, 0) is 22.2 Å². The summed E-state index contributed by atoms with van der Waals surface area (Å²) in [6.07, 6.45) is -1.85. The number of halogens is 3. The van der Waals surface area contributed by atoms with Gasteiger partial charge >= 0.3 is 12.1 Å². The molecule has 0 bridgehead atoms. The molecule has 0 spiro atoms. The number of alkyl halides is 3. The standard InChI is InChI=1S/C27H30F3N3O5/c1-15-12-20(38-19-5-2-16(3-6-19)26(36)37)7-8-21(15)24(34)31-10-11-32-25(35)23-14-17-13-18(27(28,29)30)4-9-22(17)33-23/h4,7-9,12-13,16,19,23,33H,2-3,5-6,10-11,14H2,1H3,(H,31,34)(H,32,35)(H,36,37). The zero-order valence-electron chi connectivity index (χ0n) is 20.9. The van der Waals surface area contributed by atoms with Crippen LogP contribution in [0, 0.1) is 12.8 Å². The predicted molar refractivity (Wildman–Crippen MR) is 133 cm³/mol. The van der Waals surface area contributed by atoms with E-state index in [2.05, 4.69) is 16.0 Å². The lowest BCUT2D eigenvalue weighted by Crippen LogP contribution is -2.42. The van der Waals surface area contributed by atoms with Crippen molar-refractivity contribution in [3.63, 3.8) is 0 Å². The molecule has 0 saturated heterocycles. The van der Waals surface area contributed by atoms with Crippen LogP contribution in [0.5, 0.6) is 5.75 Å². The Labute approximate surface area is 217 Å². The second-order valence-corrected chi connectivity index (χ2v) is 9.72. The van der Waals surface area contributed by atoms with Gasteiger partial charge in [0, 0.05) is 30.8 Å². The van der Waals surface area contributed by atoms with E-state index in [1.54, 1.807) is 25.1 Å². The van der Waals surface area contributed by atoms with Crippen molar-refractivity contribution in [3.8, 4) is 5.75 Å². The highest BCUT2D eigenvalue weighted by Crippen LogP contribution is 2.34. The summed E-state index contributed by atoms with van der Waals surface area (Å²) in [4.78, 5) is 36.2. The van der Waals surface area contributed by atoms with Crippen LogP contribution in [0.4, 0.5) is 18.9 Å². The number of fused-ring (bicyclic) bond motifs is 1. The number of anilines is 1. The number of benzene rings is 2. The summed E-state index contributed by atoms with van der Waals surface area (Å²) in [7, 11) is 0. The van der Waals surface area contributed by atoms with Crippen LogP contribution in [0.2, 0.25) is 0 Å². The van der Waals surface area contributed by atoms with Gasteiger partial charge in [-0.05, 0) is 80.1 Å². The summed E-state index contributed by atoms with van der Waals surface area (Å²) in [6, 6.07) is 7.82. The molecule has 4 rings (SSSR count). The number of aryl methyl sites for hydroxylation is 1. The summed E-state index contributed by atoms with van der Waals surface area (Å²) in [5.74, 6) is -1.13. The third kappa shape index (κ3) is 6.56. The number of rotatable bonds is 8. The molecule has 2 aliphatic rings. The molecule has 1 fully saturated rings. The van der Waals surface area contributed by atoms with Gasteiger partial charge in [0.15, 0.2) is 0 Å². The number of aliphatic carboxylic acids is 1. The van der Waals surface area contributed by atoms with Crippen LogP contribution in [0.25, 0.3) is 0 Å². The molecule has 2 amide bonds. The van der Waals surface area contributed by atoms with E-state index < -0.39 is 23.8 Å². The first kappa shape index (κ1) is 27.3. The minimum absolute atomic E-state index is 0.0536. The molecule has 1 aliphatic carbocycles. The van der Waals surface area contributed by atoms with Crippen LogP contribution in [0.3, 0.4) is 0 Å². The van der Waals surface area contributed by atoms with Gasteiger partial charge in [0.2, 0.25) is 5.91 Å². The van der Waals surface area contributed by atoms with Gasteiger partial charge in [0.25, 0.3) is 5.91 Å². The molecule has 2 aromatic carbocycles. The summed E-state index contributed by atoms with van der Waals surface area (Å²) in [5, 5.41) is 17.5. The number of hydrogen-bond acceptors (Lipinski definition) is 5. The molecular formula is C27H30F3N3O5. The Kier molecular flexibility index (Phi) is 8.13. The van der Waals surface area contributed by atoms with Gasteiger partial charge in [-0.15, -0.1) is 0 Å². The Morgan fingerprint density at radius 3 is 2.39 bits per heavy atom. The molecule has 4 N–H and O–H groups in total. The second-order valence-electron chi connectivity index (χ2n) is 9.72. The van der Waals surface area contributed by atoms with Crippen LogP contribution in [-0.4, -0.2) is 48.1 Å². The van der Waals surface area contributed by atoms with Crippen LogP contribution in [0.1, 0.15) is 52.7 Å². The lowest BCUT2D eigenvalue weighted by Gasteiger charge is -2.27. The molecule has 1 saturated carbocycles. The maximum Gasteiger partial charge on any atom is 0.416 e. The molecule has 1 unspecified atom stereocenters. The first-order chi connectivity index (χ1) is 18.0. The summed E-state index contributed by atoms with van der Waals surface area (Å²) in [6.45, 7) is 2.12. The smallest absolute Gasteiger partial charge is 0.416 e. The van der Waals surface area contributed by atoms with Crippen LogP contribution >= 0.6 is 0 Å². The number of ether oxygens (including phenoxy) is 1. The molecule has 0 aromatic heterocycles. The number of nitrogens with one attached hydrogen (secondary N) is 3. The average Bonchev–Trinajstić information content (AvgIpc) is 3.30. The van der Waals surface area contributed by atoms with Gasteiger partial charge in [-0.25, -0.2) is 0 Å². The Hall–Kier alpha value is -3.76. The Balaban J connectivity index is 1.20. The van der Waals surface area contributed by atoms with Crippen molar-refractivity contribution in [3.05, 3.63) is 58.7 Å². The number of carboxylic acid groups (broad SMARTS) is 1. The Bertz CT molecular complexity index is 1210. The minimum Gasteiger partial charge on any atom is -0.490 e. The maximum absolute atomic E-state index is 12.9. The van der Waals surface area contributed by atoms with Gasteiger partial charge in [-0.2, -0.15) is 13.2 Å². The zero-order chi connectivity index (χ0) is 27.4. The zero-order valence-corrected chi connectivity index (χ0v) is 20.9. The Morgan fingerprint density at radius 2 is 1.74 bits per heavy atom. The minimum atomic E-state index is -4.44. The first-order valence-electron chi connectivity index (χ1n) is 12.5. The van der Waals surface area contributed by atoms with Crippen molar-refractivity contribution < 1.29 is 37.4 Å². The van der Waals surface area contributed by atoms with E-state index in [1.165, 1.54) is 6.07 Å². The van der Waals surface area contributed by atoms with Crippen molar-refractivity contribution >= 4 is 23.5 Å². The molecule has 2 aromatic rings. The molecular weight excluding hydrogens is 503 g/mol. The molecule has 8 nitrogen and oxygen atoms in total. The number of carbonyl (C=O) groups is 3. The van der Waals surface area contributed by atoms with Gasteiger partial charge < -0.3 is 25.8 Å². The lowest BCUT2D eigenvalue weighted by atomic mass is 9.87. The molecule has 38 heavy (non-hydrogen) atoms. The van der Waals surface area contributed by atoms with Crippen molar-refractivity contribution in [2.75, 3.05) is 18.4 Å². The van der Waals surface area contributed by atoms with Gasteiger partial charge in [-0.1, -0.05) is 0 Å². The predicted octanol–water partition coefficient (Wildman–Crippen LogP) is 3.92. The SMILES string of the molecule is Cc1cc(OC2CCC(C(=O)O)CC2)ccc1C(=O)NCCNC(=O)C1Cc2cc(C(F)(F)F)ccc2N1. The van der Waals surface area contributed by atoms with Crippen molar-refractivity contribution in [2.24, 2.45) is 5.92 Å². The highest BCUT2D eigenvalue weighted by Gasteiger charge is 2.34. The number of carbonyl (C=O) groups excluding carboxylic acids is 2. The number of hydrogen-bond donors (Lipinski definition) is 4. The van der Waals surface area contributed by atoms with E-state index in [0.29, 0.717) is 48.2 Å². The average molecular weight is 534 g/mol. The van der Waals surface area contributed by atoms with Gasteiger partial charge in [0.1, 0.15) is 11.8 Å². The van der Waals surface area contributed by atoms with E-state index in [0.717, 1.165) is 17.7 Å². The molecule has 0 radical (unpaired) electrons. The third-order valence-corrected chi connectivity index (χ3v) is 6.98. The van der Waals surface area contributed by atoms with Gasteiger partial charge in [0.05, 0.1) is 17.6 Å². The largest absolute Gasteiger partial charge is 0.490 e. The highest BCUT2D eigenvalue weighted by molar-refractivity contribution is 5.95. The van der Waals surface area contributed by atoms with Gasteiger partial charge in [-0.3, -0.25) is 14.4 Å². The van der Waals surface area contributed by atoms with E-state index >= 15 is 0 Å². The summed E-state index contributed by atoms with van der Waals surface area (Å²) >= 11 is 0. The lowest BCUT2D eigenvalue weighted by molar-refractivity contribution is -0.143. The summed E-state index contributed by atoms with van der Waals surface area (Å²) < 4.78 is 44.8. The Morgan fingerprint density at radius 1 is 1.03 bits per heavy atom. The second kappa shape index (κ2) is 11.3. The maximum atomic E-state index is 12.9. The monoisotopic (exact) mass is 533 g/mol. The van der Waals surface area contributed by atoms with Crippen molar-refractivity contribution in [2.45, 2.75) is 57.3 Å². The van der Waals surface area contributed by atoms with E-state index in [9.17, 15) is 27.6 Å². The quantitative estimate of drug-likeness (QED) is 0.383. The molecule has 1 aliphatic heterocycles. The van der Waals surface area contributed by atoms with E-state index in [1.807, 2.05) is 0 Å². The summed E-state index contributed by atoms with van der Waals surface area (Å²) in [5.41, 5.74) is 1.37. The number of carboxylic acids is 1. The van der Waals surface area contributed by atoms with E-state index in [4.69, 9.17) is 9.84 Å². The van der Waals surface area contributed by atoms with Crippen LogP contribution < -0.4 is 20.7 Å². The van der Waals surface area contributed by atoms with Crippen molar-refractivity contribution in [1.29, 1.82) is 0 Å². The topological polar surface area (TPSA) is 117 Å². The fourth-order valence-electron chi connectivity index (χ4n) is 4.86. The normalized spacial score (nSPS) is 20.7. The molecule has 1 heterocycles. The fourth-order valence-corrected chi connectivity index (χ4v) is 4.86. The molecule has 204 valence electrons. The third-order valence-electron chi connectivity index (χ3n) is 6.98. The fraction of sp³-hybridized carbons (Fsp3) is 0.444. The van der Waals surface area contributed by atoms with E-state index in [-0.39, 0.29) is 43.3 Å². The van der Waals surface area contributed by atoms with Crippen molar-refractivity contribution in [1.82, 2.24) is 10.6 Å². The first-order valence-corrected chi connectivity index (χ1v) is 12.5. The molecule has 1 atom stereocenters. The van der Waals surface area contributed by atoms with Crippen LogP contribution in [0.15, 0.2) is 36.4 Å². The molecule has 11 heteroatoms. The number of amides is 2.